The fourth-order valence-electron chi connectivity index (χ4n) is 3.25. The monoisotopic (exact) mass is 398 g/mol. The van der Waals surface area contributed by atoms with Crippen LogP contribution in [0.2, 0.25) is 0 Å². The number of furan rings is 1. The largest absolute Gasteiger partial charge is 0.465 e. The predicted octanol–water partition coefficient (Wildman–Crippen LogP) is 1.64. The number of carbonyl (C=O) groups is 2. The van der Waals surface area contributed by atoms with Crippen molar-refractivity contribution in [1.82, 2.24) is 15.1 Å². The lowest BCUT2D eigenvalue weighted by Gasteiger charge is -2.36. The van der Waals surface area contributed by atoms with Crippen LogP contribution in [0.25, 0.3) is 0 Å². The number of piperazine rings is 1. The zero-order chi connectivity index (χ0) is 20.6. The van der Waals surface area contributed by atoms with Gasteiger partial charge in [0.15, 0.2) is 11.7 Å². The Kier molecular flexibility index (Phi) is 6.89. The van der Waals surface area contributed by atoms with Crippen molar-refractivity contribution in [2.75, 3.05) is 46.9 Å². The number of carbonyl (C=O) groups excluding carboxylic acids is 2. The van der Waals surface area contributed by atoms with Crippen molar-refractivity contribution in [3.05, 3.63) is 59.5 Å². The molecule has 1 aromatic heterocycles. The first-order chi connectivity index (χ1) is 14.1. The van der Waals surface area contributed by atoms with E-state index in [1.165, 1.54) is 13.4 Å². The zero-order valence-electron chi connectivity index (χ0n) is 16.8. The molecule has 0 bridgehead atoms. The van der Waals surface area contributed by atoms with Crippen LogP contribution in [0.4, 0.5) is 0 Å². The number of esters is 1. The molecule has 8 heteroatoms. The average molecular weight is 398 g/mol. The number of amides is 1. The lowest BCUT2D eigenvalue weighted by atomic mass is 10.1. The summed E-state index contributed by atoms with van der Waals surface area (Å²) in [5.74, 6) is 0.785. The Balaban J connectivity index is 1.45. The normalized spacial score (nSPS) is 14.6. The number of ether oxygens (including phenoxy) is 1. The molecule has 29 heavy (non-hydrogen) atoms. The van der Waals surface area contributed by atoms with Crippen molar-refractivity contribution >= 4 is 17.8 Å². The van der Waals surface area contributed by atoms with Gasteiger partial charge < -0.3 is 24.3 Å². The van der Waals surface area contributed by atoms with Gasteiger partial charge in [-0.2, -0.15) is 0 Å². The molecule has 1 aromatic carbocycles. The Bertz CT molecular complexity index is 838. The third-order valence-electron chi connectivity index (χ3n) is 4.88. The zero-order valence-corrected chi connectivity index (χ0v) is 16.8. The Morgan fingerprint density at radius 2 is 1.79 bits per heavy atom. The maximum atomic E-state index is 12.4. The highest BCUT2D eigenvalue weighted by Crippen LogP contribution is 2.10. The first-order valence-electron chi connectivity index (χ1n) is 9.58. The summed E-state index contributed by atoms with van der Waals surface area (Å²) in [6.07, 6.45) is 2.32. The smallest absolute Gasteiger partial charge is 0.337 e. The highest BCUT2D eigenvalue weighted by atomic mass is 16.5. The highest BCUT2D eigenvalue weighted by molar-refractivity contribution is 5.91. The topological polar surface area (TPSA) is 87.4 Å². The fourth-order valence-corrected chi connectivity index (χ4v) is 3.25. The van der Waals surface area contributed by atoms with Gasteiger partial charge in [-0.15, -0.1) is 0 Å². The molecule has 0 radical (unpaired) electrons. The molecule has 0 atom stereocenters. The number of rotatable bonds is 5. The Morgan fingerprint density at radius 3 is 2.38 bits per heavy atom. The Morgan fingerprint density at radius 1 is 1.10 bits per heavy atom. The minimum Gasteiger partial charge on any atom is -0.465 e. The van der Waals surface area contributed by atoms with Crippen LogP contribution < -0.4 is 5.32 Å². The summed E-state index contributed by atoms with van der Waals surface area (Å²) in [5, 5.41) is 3.37. The van der Waals surface area contributed by atoms with Gasteiger partial charge in [-0.3, -0.25) is 9.79 Å². The van der Waals surface area contributed by atoms with Gasteiger partial charge in [0.1, 0.15) is 0 Å². The molecule has 1 N–H and O–H groups in total. The van der Waals surface area contributed by atoms with E-state index in [1.807, 2.05) is 12.1 Å². The molecule has 1 fully saturated rings. The van der Waals surface area contributed by atoms with Crippen LogP contribution in [-0.4, -0.2) is 74.5 Å². The maximum absolute atomic E-state index is 12.4. The molecule has 0 spiro atoms. The van der Waals surface area contributed by atoms with E-state index in [0.29, 0.717) is 37.5 Å². The molecule has 1 saturated heterocycles. The van der Waals surface area contributed by atoms with E-state index in [-0.39, 0.29) is 11.9 Å². The average Bonchev–Trinajstić information content (AvgIpc) is 3.31. The minimum atomic E-state index is -0.334. The summed E-state index contributed by atoms with van der Waals surface area (Å²) in [4.78, 5) is 32.2. The van der Waals surface area contributed by atoms with E-state index >= 15 is 0 Å². The van der Waals surface area contributed by atoms with E-state index < -0.39 is 0 Å². The van der Waals surface area contributed by atoms with Gasteiger partial charge in [0.05, 0.1) is 18.9 Å². The van der Waals surface area contributed by atoms with E-state index in [2.05, 4.69) is 15.2 Å². The van der Waals surface area contributed by atoms with Gasteiger partial charge >= 0.3 is 5.97 Å². The van der Waals surface area contributed by atoms with E-state index in [1.54, 1.807) is 36.2 Å². The van der Waals surface area contributed by atoms with E-state index in [0.717, 1.165) is 24.5 Å². The van der Waals surface area contributed by atoms with Crippen LogP contribution in [0.5, 0.6) is 0 Å². The first kappa shape index (κ1) is 20.4. The van der Waals surface area contributed by atoms with Crippen LogP contribution in [0, 0.1) is 0 Å². The van der Waals surface area contributed by atoms with Gasteiger partial charge in [0.25, 0.3) is 5.91 Å². The Hall–Kier alpha value is -3.29. The predicted molar refractivity (Wildman–Crippen MR) is 109 cm³/mol. The summed E-state index contributed by atoms with van der Waals surface area (Å²) in [6, 6.07) is 10.8. The summed E-state index contributed by atoms with van der Waals surface area (Å²) in [5.41, 5.74) is 1.66. The van der Waals surface area contributed by atoms with E-state index in [4.69, 9.17) is 9.15 Å². The highest BCUT2D eigenvalue weighted by Gasteiger charge is 2.25. The molecular weight excluding hydrogens is 372 g/mol. The van der Waals surface area contributed by atoms with Gasteiger partial charge in [-0.25, -0.2) is 4.79 Å². The summed E-state index contributed by atoms with van der Waals surface area (Å²) >= 11 is 0. The van der Waals surface area contributed by atoms with Crippen LogP contribution in [0.1, 0.15) is 26.5 Å². The third kappa shape index (κ3) is 5.16. The van der Waals surface area contributed by atoms with Crippen molar-refractivity contribution in [2.24, 2.45) is 4.99 Å². The lowest BCUT2D eigenvalue weighted by Crippen LogP contribution is -2.54. The standard InChI is InChI=1S/C21H26N4O4/c1-22-21(23-10-9-16-5-7-17(8-6-16)20(27)28-2)25-13-11-24(12-14-25)19(26)18-4-3-15-29-18/h3-8,15H,9-14H2,1-2H3,(H,22,23). The maximum Gasteiger partial charge on any atom is 0.337 e. The van der Waals surface area contributed by atoms with Crippen molar-refractivity contribution < 1.29 is 18.7 Å². The SMILES string of the molecule is CN=C(NCCc1ccc(C(=O)OC)cc1)N1CCN(C(=O)c2ccco2)CC1. The number of nitrogens with zero attached hydrogens (tertiary/aromatic N) is 3. The van der Waals surface area contributed by atoms with Crippen LogP contribution in [0.3, 0.4) is 0 Å². The number of guanidine groups is 1. The number of methoxy groups -OCH3 is 1. The van der Waals surface area contributed by atoms with E-state index in [9.17, 15) is 9.59 Å². The van der Waals surface area contributed by atoms with Crippen molar-refractivity contribution in [3.63, 3.8) is 0 Å². The number of aliphatic imine (C=N–C) groups is 1. The molecule has 3 rings (SSSR count). The third-order valence-corrected chi connectivity index (χ3v) is 4.88. The van der Waals surface area contributed by atoms with Crippen LogP contribution >= 0.6 is 0 Å². The number of nitrogens with one attached hydrogen (secondary N) is 1. The van der Waals surface area contributed by atoms with Crippen LogP contribution in [-0.2, 0) is 11.2 Å². The molecule has 2 heterocycles. The van der Waals surface area contributed by atoms with Gasteiger partial charge in [-0.05, 0) is 36.2 Å². The van der Waals surface area contributed by atoms with Crippen molar-refractivity contribution in [3.8, 4) is 0 Å². The van der Waals surface area contributed by atoms with Gasteiger partial charge in [0, 0.05) is 39.8 Å². The summed E-state index contributed by atoms with van der Waals surface area (Å²) in [7, 11) is 3.13. The van der Waals surface area contributed by atoms with Gasteiger partial charge in [0.2, 0.25) is 0 Å². The molecule has 1 amide bonds. The number of benzene rings is 1. The molecule has 154 valence electrons. The summed E-state index contributed by atoms with van der Waals surface area (Å²) < 4.78 is 9.91. The second-order valence-electron chi connectivity index (χ2n) is 6.67. The second-order valence-corrected chi connectivity index (χ2v) is 6.67. The molecule has 0 saturated carbocycles. The molecule has 1 aliphatic heterocycles. The lowest BCUT2D eigenvalue weighted by molar-refractivity contribution is 0.0600. The molecule has 1 aliphatic rings. The minimum absolute atomic E-state index is 0.0759. The molecule has 0 aliphatic carbocycles. The van der Waals surface area contributed by atoms with Crippen molar-refractivity contribution in [2.45, 2.75) is 6.42 Å². The van der Waals surface area contributed by atoms with Gasteiger partial charge in [-0.1, -0.05) is 12.1 Å². The second kappa shape index (κ2) is 9.77. The molecular formula is C21H26N4O4. The summed E-state index contributed by atoms with van der Waals surface area (Å²) in [6.45, 7) is 3.38. The molecule has 0 unspecified atom stereocenters. The fraction of sp³-hybridized carbons (Fsp3) is 0.381. The van der Waals surface area contributed by atoms with Crippen LogP contribution in [0.15, 0.2) is 52.1 Å². The quantitative estimate of drug-likeness (QED) is 0.468. The number of hydrogen-bond acceptors (Lipinski definition) is 5. The molecule has 2 aromatic rings. The molecule has 8 nitrogen and oxygen atoms in total. The number of hydrogen-bond donors (Lipinski definition) is 1. The first-order valence-corrected chi connectivity index (χ1v) is 9.58. The Labute approximate surface area is 170 Å². The van der Waals surface area contributed by atoms with Crippen molar-refractivity contribution in [1.29, 1.82) is 0 Å².